The number of para-hydroxylation sites is 1. The molecule has 1 amide bonds. The predicted octanol–water partition coefficient (Wildman–Crippen LogP) is 4.23. The number of nitrogens with zero attached hydrogens (tertiary/aromatic N) is 3. The van der Waals surface area contributed by atoms with Crippen molar-refractivity contribution in [1.29, 1.82) is 0 Å². The average Bonchev–Trinajstić information content (AvgIpc) is 2.62. The summed E-state index contributed by atoms with van der Waals surface area (Å²) in [6.07, 6.45) is 2.00. The van der Waals surface area contributed by atoms with E-state index >= 15 is 0 Å². The van der Waals surface area contributed by atoms with Crippen LogP contribution < -0.4 is 4.90 Å². The molecule has 0 spiro atoms. The van der Waals surface area contributed by atoms with Crippen LogP contribution >= 0.6 is 0 Å². The molecule has 0 radical (unpaired) electrons. The quantitative estimate of drug-likeness (QED) is 0.670. The molecule has 1 aromatic heterocycles. The maximum Gasteiger partial charge on any atom is 0.258 e. The molecule has 25 heavy (non-hydrogen) atoms. The Hall–Kier alpha value is -2.75. The zero-order valence-electron chi connectivity index (χ0n) is 14.8. The number of hydrogen-bond acceptors (Lipinski definition) is 3. The first-order valence-corrected chi connectivity index (χ1v) is 8.71. The second-order valence-electron chi connectivity index (χ2n) is 6.79. The number of fused-ring (bicyclic) bond motifs is 2. The van der Waals surface area contributed by atoms with Gasteiger partial charge in [-0.15, -0.1) is 0 Å². The minimum Gasteiger partial charge on any atom is -0.305 e. The third-order valence-corrected chi connectivity index (χ3v) is 5.06. The lowest BCUT2D eigenvalue weighted by molar-refractivity contribution is 0.0975. The van der Waals surface area contributed by atoms with Gasteiger partial charge in [0, 0.05) is 17.3 Å². The predicted molar refractivity (Wildman–Crippen MR) is 100 cm³/mol. The van der Waals surface area contributed by atoms with Crippen molar-refractivity contribution in [2.24, 2.45) is 0 Å². The highest BCUT2D eigenvalue weighted by atomic mass is 16.2. The van der Waals surface area contributed by atoms with Crippen molar-refractivity contribution in [3.05, 3.63) is 65.0 Å². The molecule has 4 nitrogen and oxygen atoms in total. The molecule has 2 aromatic carbocycles. The molecule has 0 aliphatic carbocycles. The summed E-state index contributed by atoms with van der Waals surface area (Å²) in [7, 11) is 0. The Kier molecular flexibility index (Phi) is 3.75. The monoisotopic (exact) mass is 331 g/mol. The highest BCUT2D eigenvalue weighted by Gasteiger charge is 2.28. The van der Waals surface area contributed by atoms with Gasteiger partial charge in [0.15, 0.2) is 0 Å². The molecule has 1 aliphatic rings. The second-order valence-corrected chi connectivity index (χ2v) is 6.79. The van der Waals surface area contributed by atoms with Crippen LogP contribution in [0.15, 0.2) is 42.5 Å². The molecule has 1 aliphatic heterocycles. The van der Waals surface area contributed by atoms with Crippen molar-refractivity contribution in [1.82, 2.24) is 9.97 Å². The van der Waals surface area contributed by atoms with E-state index in [1.807, 2.05) is 55.1 Å². The molecule has 4 rings (SSSR count). The number of aromatic nitrogens is 2. The van der Waals surface area contributed by atoms with Crippen LogP contribution in [0.1, 0.15) is 40.7 Å². The van der Waals surface area contributed by atoms with Crippen LogP contribution in [0.5, 0.6) is 0 Å². The zero-order valence-corrected chi connectivity index (χ0v) is 14.8. The van der Waals surface area contributed by atoms with E-state index in [9.17, 15) is 4.79 Å². The number of amides is 1. The van der Waals surface area contributed by atoms with Gasteiger partial charge in [-0.2, -0.15) is 0 Å². The van der Waals surface area contributed by atoms with Crippen molar-refractivity contribution in [2.75, 3.05) is 4.90 Å². The minimum absolute atomic E-state index is 0.0292. The first-order chi connectivity index (χ1) is 12.0. The van der Waals surface area contributed by atoms with Crippen LogP contribution in [0.4, 0.5) is 5.69 Å². The van der Waals surface area contributed by atoms with E-state index in [2.05, 4.69) is 23.0 Å². The minimum atomic E-state index is 0.0292. The van der Waals surface area contributed by atoms with E-state index in [0.29, 0.717) is 5.56 Å². The van der Waals surface area contributed by atoms with Crippen LogP contribution in [0.25, 0.3) is 11.0 Å². The van der Waals surface area contributed by atoms with E-state index in [-0.39, 0.29) is 11.9 Å². The molecule has 0 bridgehead atoms. The summed E-state index contributed by atoms with van der Waals surface area (Å²) >= 11 is 0. The van der Waals surface area contributed by atoms with Crippen LogP contribution in [-0.4, -0.2) is 21.9 Å². The third kappa shape index (κ3) is 2.68. The maximum absolute atomic E-state index is 13.2. The fourth-order valence-electron chi connectivity index (χ4n) is 3.50. The smallest absolute Gasteiger partial charge is 0.258 e. The Balaban J connectivity index is 1.78. The van der Waals surface area contributed by atoms with Gasteiger partial charge in [0.25, 0.3) is 5.91 Å². The van der Waals surface area contributed by atoms with Gasteiger partial charge in [-0.1, -0.05) is 18.2 Å². The molecule has 0 fully saturated rings. The molecule has 0 saturated heterocycles. The number of benzene rings is 2. The van der Waals surface area contributed by atoms with Crippen LogP contribution in [0.3, 0.4) is 0 Å². The standard InChI is InChI=1S/C21H21N3O/c1-13-8-9-16-6-4-5-7-20(16)24(13)21(25)17-10-11-18-19(12-17)23-15(3)14(2)22-18/h4-7,10-13H,8-9H2,1-3H3. The van der Waals surface area contributed by atoms with Crippen molar-refractivity contribution in [3.8, 4) is 0 Å². The first kappa shape index (κ1) is 15.8. The van der Waals surface area contributed by atoms with Crippen molar-refractivity contribution >= 4 is 22.6 Å². The lowest BCUT2D eigenvalue weighted by Crippen LogP contribution is -2.42. The summed E-state index contributed by atoms with van der Waals surface area (Å²) < 4.78 is 0. The molecule has 3 aromatic rings. The summed E-state index contributed by atoms with van der Waals surface area (Å²) in [4.78, 5) is 24.3. The second kappa shape index (κ2) is 5.96. The fraction of sp³-hybridized carbons (Fsp3) is 0.286. The molecular formula is C21H21N3O. The lowest BCUT2D eigenvalue weighted by Gasteiger charge is -2.35. The molecular weight excluding hydrogens is 310 g/mol. The highest BCUT2D eigenvalue weighted by molar-refractivity contribution is 6.08. The number of aryl methyl sites for hydroxylation is 3. The van der Waals surface area contributed by atoms with Crippen LogP contribution in [-0.2, 0) is 6.42 Å². The SMILES string of the molecule is Cc1nc2ccc(C(=O)N3c4ccccc4CCC3C)cc2nc1C. The van der Waals surface area contributed by atoms with E-state index < -0.39 is 0 Å². The van der Waals surface area contributed by atoms with Crippen LogP contribution in [0, 0.1) is 13.8 Å². The molecule has 4 heteroatoms. The largest absolute Gasteiger partial charge is 0.305 e. The Labute approximate surface area is 147 Å². The van der Waals surface area contributed by atoms with E-state index in [1.54, 1.807) is 0 Å². The lowest BCUT2D eigenvalue weighted by atomic mass is 9.95. The van der Waals surface area contributed by atoms with Crippen molar-refractivity contribution in [2.45, 2.75) is 39.7 Å². The summed E-state index contributed by atoms with van der Waals surface area (Å²) in [5.74, 6) is 0.0292. The maximum atomic E-state index is 13.2. The number of carbonyl (C=O) groups excluding carboxylic acids is 1. The topological polar surface area (TPSA) is 46.1 Å². The van der Waals surface area contributed by atoms with Crippen molar-refractivity contribution in [3.63, 3.8) is 0 Å². The number of rotatable bonds is 1. The number of hydrogen-bond donors (Lipinski definition) is 0. The molecule has 2 heterocycles. The van der Waals surface area contributed by atoms with Gasteiger partial charge < -0.3 is 4.90 Å². The average molecular weight is 331 g/mol. The molecule has 126 valence electrons. The van der Waals surface area contributed by atoms with Gasteiger partial charge in [0.05, 0.1) is 22.4 Å². The molecule has 0 N–H and O–H groups in total. The number of anilines is 1. The molecule has 0 saturated carbocycles. The van der Waals surface area contributed by atoms with E-state index in [0.717, 1.165) is 41.0 Å². The fourth-order valence-corrected chi connectivity index (χ4v) is 3.50. The summed E-state index contributed by atoms with van der Waals surface area (Å²) in [5, 5.41) is 0. The van der Waals surface area contributed by atoms with Gasteiger partial charge in [-0.25, -0.2) is 9.97 Å². The summed E-state index contributed by atoms with van der Waals surface area (Å²) in [6, 6.07) is 14.0. The van der Waals surface area contributed by atoms with Crippen LogP contribution in [0.2, 0.25) is 0 Å². The zero-order chi connectivity index (χ0) is 17.6. The number of carbonyl (C=O) groups is 1. The highest BCUT2D eigenvalue weighted by Crippen LogP contribution is 2.32. The summed E-state index contributed by atoms with van der Waals surface area (Å²) in [5.41, 5.74) is 6.34. The van der Waals surface area contributed by atoms with Gasteiger partial charge >= 0.3 is 0 Å². The van der Waals surface area contributed by atoms with E-state index in [4.69, 9.17) is 0 Å². The third-order valence-electron chi connectivity index (χ3n) is 5.06. The first-order valence-electron chi connectivity index (χ1n) is 8.71. The Morgan fingerprint density at radius 3 is 2.56 bits per heavy atom. The normalized spacial score (nSPS) is 16.8. The van der Waals surface area contributed by atoms with Gasteiger partial charge in [0.2, 0.25) is 0 Å². The molecule has 1 atom stereocenters. The summed E-state index contributed by atoms with van der Waals surface area (Å²) in [6.45, 7) is 6.01. The Bertz CT molecular complexity index is 980. The Morgan fingerprint density at radius 1 is 1.04 bits per heavy atom. The van der Waals surface area contributed by atoms with Gasteiger partial charge in [-0.3, -0.25) is 4.79 Å². The van der Waals surface area contributed by atoms with Gasteiger partial charge in [-0.05, 0) is 63.4 Å². The molecule has 1 unspecified atom stereocenters. The van der Waals surface area contributed by atoms with E-state index in [1.165, 1.54) is 5.56 Å². The van der Waals surface area contributed by atoms with Gasteiger partial charge in [0.1, 0.15) is 0 Å². The van der Waals surface area contributed by atoms with Crippen molar-refractivity contribution < 1.29 is 4.79 Å². The Morgan fingerprint density at radius 2 is 1.76 bits per heavy atom.